The van der Waals surface area contributed by atoms with Crippen molar-refractivity contribution in [2.45, 2.75) is 0 Å². The van der Waals surface area contributed by atoms with Gasteiger partial charge in [0, 0.05) is 16.7 Å². The van der Waals surface area contributed by atoms with Crippen molar-refractivity contribution in [1.82, 2.24) is 5.32 Å². The Balaban J connectivity index is 1.87. The minimum atomic E-state index is -0.195. The van der Waals surface area contributed by atoms with Gasteiger partial charge in [-0.1, -0.05) is 42.2 Å². The third-order valence-electron chi connectivity index (χ3n) is 4.20. The molecule has 136 valence electrons. The maximum atomic E-state index is 12.3. The second-order valence-corrected chi connectivity index (χ2v) is 7.45. The second-order valence-electron chi connectivity index (χ2n) is 5.76. The standard InChI is InChI=1S/C20H15NO4S2/c1-23-15-8-7-11(9-17(15)24-2)16-10-13(18-19(22)21-20(26)27-18)12-5-3-4-6-14(12)25-16/h3-10H,1-2H3,(H,21,22,26)/b18-13-. The van der Waals surface area contributed by atoms with Gasteiger partial charge in [-0.15, -0.1) is 0 Å². The molecular formula is C20H15NO4S2. The zero-order chi connectivity index (χ0) is 19.0. The van der Waals surface area contributed by atoms with Gasteiger partial charge in [-0.05, 0) is 30.3 Å². The Kier molecular flexibility index (Phi) is 4.63. The molecule has 2 aliphatic rings. The first kappa shape index (κ1) is 17.6. The van der Waals surface area contributed by atoms with E-state index >= 15 is 0 Å². The molecule has 1 saturated heterocycles. The molecule has 0 aliphatic carbocycles. The minimum Gasteiger partial charge on any atom is -0.493 e. The Morgan fingerprint density at radius 3 is 2.56 bits per heavy atom. The number of benzene rings is 2. The van der Waals surface area contributed by atoms with Crippen LogP contribution in [0.2, 0.25) is 0 Å². The lowest BCUT2D eigenvalue weighted by molar-refractivity contribution is -0.115. The number of methoxy groups -OCH3 is 2. The van der Waals surface area contributed by atoms with Gasteiger partial charge in [0.1, 0.15) is 15.8 Å². The van der Waals surface area contributed by atoms with Gasteiger partial charge in [-0.25, -0.2) is 0 Å². The molecule has 2 aliphatic heterocycles. The fraction of sp³-hybridized carbons (Fsp3) is 0.100. The van der Waals surface area contributed by atoms with Crippen molar-refractivity contribution in [1.29, 1.82) is 0 Å². The van der Waals surface area contributed by atoms with Gasteiger partial charge in [-0.2, -0.15) is 0 Å². The van der Waals surface area contributed by atoms with Gasteiger partial charge in [0.15, 0.2) is 11.5 Å². The van der Waals surface area contributed by atoms with Crippen LogP contribution in [0.25, 0.3) is 11.3 Å². The highest BCUT2D eigenvalue weighted by atomic mass is 32.2. The molecule has 0 radical (unpaired) electrons. The minimum absolute atomic E-state index is 0.195. The molecule has 27 heavy (non-hydrogen) atoms. The molecule has 0 atom stereocenters. The van der Waals surface area contributed by atoms with Gasteiger partial charge in [-0.3, -0.25) is 4.79 Å². The molecule has 2 aromatic rings. The van der Waals surface area contributed by atoms with Crippen LogP contribution in [0.3, 0.4) is 0 Å². The normalized spacial score (nSPS) is 18.4. The number of ether oxygens (including phenoxy) is 3. The highest BCUT2D eigenvalue weighted by Gasteiger charge is 2.29. The molecule has 5 nitrogen and oxygen atoms in total. The number of para-hydroxylation sites is 1. The summed E-state index contributed by atoms with van der Waals surface area (Å²) in [6, 6.07) is 13.1. The molecule has 1 N–H and O–H groups in total. The molecule has 0 spiro atoms. The van der Waals surface area contributed by atoms with Crippen molar-refractivity contribution in [3.05, 3.63) is 64.6 Å². The maximum Gasteiger partial charge on any atom is 0.264 e. The molecule has 2 heterocycles. The van der Waals surface area contributed by atoms with Crippen molar-refractivity contribution in [2.75, 3.05) is 14.2 Å². The summed E-state index contributed by atoms with van der Waals surface area (Å²) in [5.41, 5.74) is 2.44. The van der Waals surface area contributed by atoms with Crippen LogP contribution < -0.4 is 19.5 Å². The summed E-state index contributed by atoms with van der Waals surface area (Å²) in [4.78, 5) is 12.9. The van der Waals surface area contributed by atoms with Crippen LogP contribution in [-0.2, 0) is 4.79 Å². The number of nitrogens with one attached hydrogen (secondary N) is 1. The van der Waals surface area contributed by atoms with Crippen LogP contribution in [0.1, 0.15) is 11.1 Å². The number of hydrogen-bond acceptors (Lipinski definition) is 6. The molecular weight excluding hydrogens is 382 g/mol. The number of thioether (sulfide) groups is 1. The molecule has 1 amide bonds. The van der Waals surface area contributed by atoms with Crippen molar-refractivity contribution in [3.8, 4) is 17.2 Å². The van der Waals surface area contributed by atoms with Crippen molar-refractivity contribution in [3.63, 3.8) is 0 Å². The summed E-state index contributed by atoms with van der Waals surface area (Å²) in [6.45, 7) is 0. The monoisotopic (exact) mass is 397 g/mol. The molecule has 4 rings (SSSR count). The summed E-state index contributed by atoms with van der Waals surface area (Å²) in [5, 5.41) is 2.67. The fourth-order valence-electron chi connectivity index (χ4n) is 2.95. The first-order valence-corrected chi connectivity index (χ1v) is 9.32. The first-order valence-electron chi connectivity index (χ1n) is 8.09. The van der Waals surface area contributed by atoms with Gasteiger partial charge >= 0.3 is 0 Å². The third kappa shape index (κ3) is 3.20. The molecule has 7 heteroatoms. The Labute approximate surface area is 166 Å². The smallest absolute Gasteiger partial charge is 0.264 e. The van der Waals surface area contributed by atoms with E-state index in [4.69, 9.17) is 26.4 Å². The largest absolute Gasteiger partial charge is 0.493 e. The quantitative estimate of drug-likeness (QED) is 0.624. The summed E-state index contributed by atoms with van der Waals surface area (Å²) < 4.78 is 17.2. The average Bonchev–Trinajstić information content (AvgIpc) is 3.04. The number of carbonyl (C=O) groups is 1. The van der Waals surface area contributed by atoms with E-state index in [1.807, 2.05) is 48.5 Å². The van der Waals surface area contributed by atoms with E-state index < -0.39 is 0 Å². The van der Waals surface area contributed by atoms with Crippen LogP contribution in [0.5, 0.6) is 17.2 Å². The summed E-state index contributed by atoms with van der Waals surface area (Å²) in [5.74, 6) is 2.33. The number of allylic oxidation sites excluding steroid dienone is 2. The zero-order valence-electron chi connectivity index (χ0n) is 14.6. The van der Waals surface area contributed by atoms with E-state index in [9.17, 15) is 4.79 Å². The average molecular weight is 397 g/mol. The molecule has 2 aromatic carbocycles. The topological polar surface area (TPSA) is 56.8 Å². The Bertz CT molecular complexity index is 1030. The Hall–Kier alpha value is -2.77. The molecule has 0 aromatic heterocycles. The Morgan fingerprint density at radius 1 is 1.07 bits per heavy atom. The predicted molar refractivity (Wildman–Crippen MR) is 110 cm³/mol. The summed E-state index contributed by atoms with van der Waals surface area (Å²) in [7, 11) is 3.17. The number of hydrogen-bond donors (Lipinski definition) is 1. The maximum absolute atomic E-state index is 12.3. The Morgan fingerprint density at radius 2 is 1.85 bits per heavy atom. The van der Waals surface area contributed by atoms with Gasteiger partial charge in [0.25, 0.3) is 5.91 Å². The third-order valence-corrected chi connectivity index (χ3v) is 5.45. The number of carbonyl (C=O) groups excluding carboxylic acids is 1. The van der Waals surface area contributed by atoms with Crippen molar-refractivity contribution in [2.24, 2.45) is 0 Å². The lowest BCUT2D eigenvalue weighted by Gasteiger charge is -2.21. The van der Waals surface area contributed by atoms with Crippen LogP contribution >= 0.6 is 24.0 Å². The highest BCUT2D eigenvalue weighted by molar-refractivity contribution is 8.26. The van der Waals surface area contributed by atoms with E-state index in [0.717, 1.165) is 16.7 Å². The van der Waals surface area contributed by atoms with E-state index in [0.29, 0.717) is 32.2 Å². The number of amides is 1. The van der Waals surface area contributed by atoms with Crippen LogP contribution in [-0.4, -0.2) is 24.4 Å². The fourth-order valence-corrected chi connectivity index (χ4v) is 4.04. The van der Waals surface area contributed by atoms with Gasteiger partial charge in [0.05, 0.1) is 19.1 Å². The summed E-state index contributed by atoms with van der Waals surface area (Å²) in [6.07, 6.45) is 1.86. The number of thiocarbonyl (C=S) groups is 1. The summed E-state index contributed by atoms with van der Waals surface area (Å²) >= 11 is 6.40. The van der Waals surface area contributed by atoms with E-state index in [1.165, 1.54) is 11.8 Å². The van der Waals surface area contributed by atoms with Crippen LogP contribution in [0.4, 0.5) is 0 Å². The lowest BCUT2D eigenvalue weighted by Crippen LogP contribution is -2.18. The van der Waals surface area contributed by atoms with E-state index in [1.54, 1.807) is 14.2 Å². The van der Waals surface area contributed by atoms with Crippen LogP contribution in [0, 0.1) is 0 Å². The van der Waals surface area contributed by atoms with E-state index in [2.05, 4.69) is 5.32 Å². The van der Waals surface area contributed by atoms with Crippen LogP contribution in [0.15, 0.2) is 53.4 Å². The van der Waals surface area contributed by atoms with Crippen molar-refractivity contribution < 1.29 is 19.0 Å². The van der Waals surface area contributed by atoms with Gasteiger partial charge in [0.2, 0.25) is 0 Å². The van der Waals surface area contributed by atoms with E-state index in [-0.39, 0.29) is 5.91 Å². The lowest BCUT2D eigenvalue weighted by atomic mass is 9.98. The SMILES string of the molecule is COc1ccc(C2=C/C(=C3/SC(=S)NC3=O)c3ccccc3O2)cc1OC. The number of rotatable bonds is 3. The predicted octanol–water partition coefficient (Wildman–Crippen LogP) is 4.00. The highest BCUT2D eigenvalue weighted by Crippen LogP contribution is 2.43. The molecule has 1 fully saturated rings. The number of fused-ring (bicyclic) bond motifs is 1. The zero-order valence-corrected chi connectivity index (χ0v) is 16.2. The molecule has 0 unspecified atom stereocenters. The van der Waals surface area contributed by atoms with Crippen molar-refractivity contribution >= 4 is 45.5 Å². The molecule has 0 bridgehead atoms. The molecule has 0 saturated carbocycles. The van der Waals surface area contributed by atoms with Gasteiger partial charge < -0.3 is 19.5 Å². The second kappa shape index (κ2) is 7.09. The first-order chi connectivity index (χ1) is 13.1.